The molecule has 0 bridgehead atoms. The molecule has 1 amide bonds. The van der Waals surface area contributed by atoms with Crippen molar-refractivity contribution in [1.29, 1.82) is 0 Å². The van der Waals surface area contributed by atoms with E-state index in [0.29, 0.717) is 12.0 Å². The van der Waals surface area contributed by atoms with Crippen LogP contribution in [0.15, 0.2) is 0 Å². The first-order valence-electron chi connectivity index (χ1n) is 5.66. The van der Waals surface area contributed by atoms with E-state index >= 15 is 0 Å². The fourth-order valence-electron chi connectivity index (χ4n) is 1.88. The molecule has 88 valence electrons. The second kappa shape index (κ2) is 5.75. The van der Waals surface area contributed by atoms with Crippen LogP contribution < -0.4 is 5.73 Å². The molecule has 1 heterocycles. The lowest BCUT2D eigenvalue weighted by molar-refractivity contribution is -0.134. The van der Waals surface area contributed by atoms with Crippen molar-refractivity contribution in [3.8, 4) is 0 Å². The minimum absolute atomic E-state index is 0.136. The molecule has 1 saturated heterocycles. The SMILES string of the molecule is CC(C)C[C@@H](N)C(=O)N1CCSCC1C. The van der Waals surface area contributed by atoms with Crippen molar-refractivity contribution < 1.29 is 4.79 Å². The average Bonchev–Trinajstić information content (AvgIpc) is 2.16. The van der Waals surface area contributed by atoms with Gasteiger partial charge in [0.2, 0.25) is 5.91 Å². The third kappa shape index (κ3) is 3.68. The zero-order valence-electron chi connectivity index (χ0n) is 9.90. The van der Waals surface area contributed by atoms with Gasteiger partial charge in [0.05, 0.1) is 6.04 Å². The number of hydrogen-bond acceptors (Lipinski definition) is 3. The lowest BCUT2D eigenvalue weighted by Gasteiger charge is -2.35. The smallest absolute Gasteiger partial charge is 0.239 e. The van der Waals surface area contributed by atoms with Crippen molar-refractivity contribution in [2.24, 2.45) is 11.7 Å². The summed E-state index contributed by atoms with van der Waals surface area (Å²) in [6.45, 7) is 7.16. The second-order valence-corrected chi connectivity index (χ2v) is 5.84. The van der Waals surface area contributed by atoms with Crippen molar-refractivity contribution in [1.82, 2.24) is 4.90 Å². The Balaban J connectivity index is 2.50. The van der Waals surface area contributed by atoms with Crippen molar-refractivity contribution in [2.45, 2.75) is 39.3 Å². The van der Waals surface area contributed by atoms with Gasteiger partial charge < -0.3 is 10.6 Å². The summed E-state index contributed by atoms with van der Waals surface area (Å²) in [6, 6.07) is 0.0324. The number of hydrogen-bond donors (Lipinski definition) is 1. The van der Waals surface area contributed by atoms with E-state index in [1.165, 1.54) is 0 Å². The first kappa shape index (κ1) is 12.8. The molecule has 15 heavy (non-hydrogen) atoms. The zero-order valence-corrected chi connectivity index (χ0v) is 10.7. The van der Waals surface area contributed by atoms with Crippen molar-refractivity contribution >= 4 is 17.7 Å². The van der Waals surface area contributed by atoms with Crippen molar-refractivity contribution in [2.75, 3.05) is 18.1 Å². The van der Waals surface area contributed by atoms with Crippen LogP contribution in [0.1, 0.15) is 27.2 Å². The predicted octanol–water partition coefficient (Wildman–Crippen LogP) is 1.32. The molecule has 2 N–H and O–H groups in total. The maximum absolute atomic E-state index is 12.0. The monoisotopic (exact) mass is 230 g/mol. The van der Waals surface area contributed by atoms with E-state index < -0.39 is 0 Å². The maximum atomic E-state index is 12.0. The molecule has 1 aliphatic rings. The Hall–Kier alpha value is -0.220. The van der Waals surface area contributed by atoms with Gasteiger partial charge in [0, 0.05) is 24.1 Å². The van der Waals surface area contributed by atoms with E-state index in [0.717, 1.165) is 24.5 Å². The van der Waals surface area contributed by atoms with Crippen LogP contribution in [0.4, 0.5) is 0 Å². The third-order valence-electron chi connectivity index (χ3n) is 2.69. The van der Waals surface area contributed by atoms with Crippen LogP contribution in [0.3, 0.4) is 0 Å². The Morgan fingerprint density at radius 2 is 2.27 bits per heavy atom. The van der Waals surface area contributed by atoms with E-state index in [1.54, 1.807) is 0 Å². The Morgan fingerprint density at radius 3 is 2.80 bits per heavy atom. The summed E-state index contributed by atoms with van der Waals surface area (Å²) in [4.78, 5) is 14.0. The summed E-state index contributed by atoms with van der Waals surface area (Å²) in [5, 5.41) is 0. The molecule has 1 aliphatic heterocycles. The van der Waals surface area contributed by atoms with E-state index in [-0.39, 0.29) is 11.9 Å². The van der Waals surface area contributed by atoms with Gasteiger partial charge in [-0.1, -0.05) is 13.8 Å². The van der Waals surface area contributed by atoms with Crippen LogP contribution in [0.25, 0.3) is 0 Å². The Kier molecular flexibility index (Phi) is 4.93. The van der Waals surface area contributed by atoms with Gasteiger partial charge in [0.15, 0.2) is 0 Å². The van der Waals surface area contributed by atoms with Gasteiger partial charge in [0.25, 0.3) is 0 Å². The number of thioether (sulfide) groups is 1. The lowest BCUT2D eigenvalue weighted by Crippen LogP contribution is -2.51. The topological polar surface area (TPSA) is 46.3 Å². The van der Waals surface area contributed by atoms with Crippen molar-refractivity contribution in [3.63, 3.8) is 0 Å². The summed E-state index contributed by atoms with van der Waals surface area (Å²) in [7, 11) is 0. The molecule has 0 aromatic heterocycles. The number of amides is 1. The number of carbonyl (C=O) groups excluding carboxylic acids is 1. The van der Waals surface area contributed by atoms with Gasteiger partial charge in [-0.05, 0) is 19.3 Å². The van der Waals surface area contributed by atoms with E-state index in [9.17, 15) is 4.79 Å². The van der Waals surface area contributed by atoms with Crippen LogP contribution in [-0.2, 0) is 4.79 Å². The van der Waals surface area contributed by atoms with E-state index in [4.69, 9.17) is 5.73 Å². The molecule has 1 rings (SSSR count). The normalized spacial score (nSPS) is 24.3. The molecule has 3 nitrogen and oxygen atoms in total. The Labute approximate surface area is 96.8 Å². The quantitative estimate of drug-likeness (QED) is 0.795. The lowest BCUT2D eigenvalue weighted by atomic mass is 10.0. The Bertz CT molecular complexity index is 221. The molecule has 0 spiro atoms. The zero-order chi connectivity index (χ0) is 11.4. The summed E-state index contributed by atoms with van der Waals surface area (Å²) in [5.41, 5.74) is 5.91. The minimum Gasteiger partial charge on any atom is -0.337 e. The summed E-state index contributed by atoms with van der Waals surface area (Å²) in [6.07, 6.45) is 0.787. The number of carbonyl (C=O) groups is 1. The molecule has 0 aromatic carbocycles. The fourth-order valence-corrected chi connectivity index (χ4v) is 2.89. The molecule has 1 unspecified atom stereocenters. The van der Waals surface area contributed by atoms with Gasteiger partial charge in [-0.15, -0.1) is 0 Å². The number of rotatable bonds is 3. The largest absolute Gasteiger partial charge is 0.337 e. The van der Waals surface area contributed by atoms with E-state index in [1.807, 2.05) is 16.7 Å². The van der Waals surface area contributed by atoms with Crippen molar-refractivity contribution in [3.05, 3.63) is 0 Å². The second-order valence-electron chi connectivity index (χ2n) is 4.69. The van der Waals surface area contributed by atoms with Crippen LogP contribution in [0, 0.1) is 5.92 Å². The number of nitrogens with zero attached hydrogens (tertiary/aromatic N) is 1. The van der Waals surface area contributed by atoms with Gasteiger partial charge in [-0.2, -0.15) is 11.8 Å². The highest BCUT2D eigenvalue weighted by molar-refractivity contribution is 7.99. The predicted molar refractivity (Wildman–Crippen MR) is 65.9 cm³/mol. The van der Waals surface area contributed by atoms with Crippen LogP contribution in [0.2, 0.25) is 0 Å². The molecule has 0 radical (unpaired) electrons. The maximum Gasteiger partial charge on any atom is 0.239 e. The van der Waals surface area contributed by atoms with Gasteiger partial charge in [-0.25, -0.2) is 0 Å². The fraction of sp³-hybridized carbons (Fsp3) is 0.909. The highest BCUT2D eigenvalue weighted by atomic mass is 32.2. The van der Waals surface area contributed by atoms with Gasteiger partial charge in [-0.3, -0.25) is 4.79 Å². The molecule has 4 heteroatoms. The average molecular weight is 230 g/mol. The first-order chi connectivity index (χ1) is 7.02. The van der Waals surface area contributed by atoms with E-state index in [2.05, 4.69) is 20.8 Å². The Morgan fingerprint density at radius 1 is 1.60 bits per heavy atom. The number of nitrogens with two attached hydrogens (primary N) is 1. The highest BCUT2D eigenvalue weighted by Gasteiger charge is 2.27. The standard InChI is InChI=1S/C11H22N2OS/c1-8(2)6-10(12)11(14)13-4-5-15-7-9(13)3/h8-10H,4-7,12H2,1-3H3/t9?,10-/m1/s1. The molecular weight excluding hydrogens is 208 g/mol. The van der Waals surface area contributed by atoms with Gasteiger partial charge >= 0.3 is 0 Å². The minimum atomic E-state index is -0.310. The molecule has 0 aliphatic carbocycles. The highest BCUT2D eigenvalue weighted by Crippen LogP contribution is 2.17. The molecular formula is C11H22N2OS. The first-order valence-corrected chi connectivity index (χ1v) is 6.81. The summed E-state index contributed by atoms with van der Waals surface area (Å²) < 4.78 is 0. The van der Waals surface area contributed by atoms with Crippen LogP contribution in [0.5, 0.6) is 0 Å². The van der Waals surface area contributed by atoms with Crippen LogP contribution in [-0.4, -0.2) is 40.9 Å². The molecule has 0 aromatic rings. The molecule has 0 saturated carbocycles. The summed E-state index contributed by atoms with van der Waals surface area (Å²) in [5.74, 6) is 2.71. The van der Waals surface area contributed by atoms with Crippen LogP contribution >= 0.6 is 11.8 Å². The van der Waals surface area contributed by atoms with Gasteiger partial charge in [0.1, 0.15) is 0 Å². The summed E-state index contributed by atoms with van der Waals surface area (Å²) >= 11 is 1.92. The third-order valence-corrected chi connectivity index (χ3v) is 3.88. The molecule has 2 atom stereocenters. The molecule has 1 fully saturated rings.